The Labute approximate surface area is 134 Å². The lowest BCUT2D eigenvalue weighted by Gasteiger charge is -2.33. The Balaban J connectivity index is 1.96. The molecule has 7 heteroatoms. The number of rotatable bonds is 3. The van der Waals surface area contributed by atoms with Crippen LogP contribution in [-0.4, -0.2) is 41.7 Å². The van der Waals surface area contributed by atoms with Gasteiger partial charge in [-0.15, -0.1) is 0 Å². The molecule has 2 unspecified atom stereocenters. The fourth-order valence-corrected chi connectivity index (χ4v) is 2.92. The zero-order valence-corrected chi connectivity index (χ0v) is 13.3. The number of nitrogens with one attached hydrogen (secondary N) is 1. The van der Waals surface area contributed by atoms with Gasteiger partial charge < -0.3 is 16.2 Å². The molecule has 1 amide bonds. The molecule has 1 saturated heterocycles. The summed E-state index contributed by atoms with van der Waals surface area (Å²) in [6.07, 6.45) is 0.480. The van der Waals surface area contributed by atoms with Crippen molar-refractivity contribution in [1.29, 1.82) is 0 Å². The first kappa shape index (κ1) is 16.4. The quantitative estimate of drug-likeness (QED) is 0.742. The van der Waals surface area contributed by atoms with Crippen LogP contribution in [0, 0.1) is 5.92 Å². The summed E-state index contributed by atoms with van der Waals surface area (Å²) >= 11 is 11.9. The maximum absolute atomic E-state index is 12.1. The average Bonchev–Trinajstić information content (AvgIpc) is 2.38. The van der Waals surface area contributed by atoms with Gasteiger partial charge in [-0.2, -0.15) is 0 Å². The van der Waals surface area contributed by atoms with E-state index >= 15 is 0 Å². The van der Waals surface area contributed by atoms with Crippen LogP contribution < -0.4 is 11.1 Å². The predicted octanol–water partition coefficient (Wildman–Crippen LogP) is 2.22. The van der Waals surface area contributed by atoms with E-state index in [4.69, 9.17) is 28.9 Å². The summed E-state index contributed by atoms with van der Waals surface area (Å²) in [5.74, 6) is 0.0540. The predicted molar refractivity (Wildman–Crippen MR) is 85.7 cm³/mol. The smallest absolute Gasteiger partial charge is 0.238 e. The Morgan fingerprint density at radius 2 is 2.24 bits per heavy atom. The third-order valence-corrected chi connectivity index (χ3v) is 4.24. The second-order valence-electron chi connectivity index (χ2n) is 5.47. The van der Waals surface area contributed by atoms with Crippen molar-refractivity contribution in [2.45, 2.75) is 19.4 Å². The molecule has 0 bridgehead atoms. The Bertz CT molecular complexity index is 516. The second kappa shape index (κ2) is 6.83. The molecule has 1 aromatic rings. The number of aliphatic hydroxyl groups excluding tert-OH is 1. The van der Waals surface area contributed by atoms with Gasteiger partial charge in [0, 0.05) is 11.6 Å². The number of likely N-dealkylation sites (tertiary alicyclic amines) is 1. The van der Waals surface area contributed by atoms with Crippen molar-refractivity contribution in [1.82, 2.24) is 4.90 Å². The summed E-state index contributed by atoms with van der Waals surface area (Å²) < 4.78 is 0. The normalized spacial score (nSPS) is 23.0. The van der Waals surface area contributed by atoms with Crippen LogP contribution in [0.4, 0.5) is 11.4 Å². The molecule has 116 valence electrons. The summed E-state index contributed by atoms with van der Waals surface area (Å²) in [6.45, 7) is 3.49. The van der Waals surface area contributed by atoms with Crippen LogP contribution >= 0.6 is 23.2 Å². The highest BCUT2D eigenvalue weighted by molar-refractivity contribution is 6.37. The molecule has 1 fully saturated rings. The van der Waals surface area contributed by atoms with Gasteiger partial charge in [-0.05, 0) is 31.0 Å². The number of halogens is 2. The van der Waals surface area contributed by atoms with Crippen molar-refractivity contribution >= 4 is 40.5 Å². The van der Waals surface area contributed by atoms with Gasteiger partial charge in [0.15, 0.2) is 0 Å². The summed E-state index contributed by atoms with van der Waals surface area (Å²) in [5.41, 5.74) is 6.51. The van der Waals surface area contributed by atoms with E-state index < -0.39 is 6.10 Å². The van der Waals surface area contributed by atoms with Crippen molar-refractivity contribution in [2.24, 2.45) is 5.92 Å². The number of nitrogens with zero attached hydrogens (tertiary/aromatic N) is 1. The Hall–Kier alpha value is -1.01. The molecule has 1 aliphatic heterocycles. The number of amides is 1. The lowest BCUT2D eigenvalue weighted by atomic mass is 9.96. The highest BCUT2D eigenvalue weighted by Crippen LogP contribution is 2.32. The van der Waals surface area contributed by atoms with Crippen LogP contribution in [0.15, 0.2) is 12.1 Å². The second-order valence-corrected chi connectivity index (χ2v) is 6.31. The number of β-amino-alcohol motifs (C(OH)–C–C–N with tert-alkyl or cyclic N) is 1. The maximum atomic E-state index is 12.1. The van der Waals surface area contributed by atoms with Crippen molar-refractivity contribution in [3.63, 3.8) is 0 Å². The third-order valence-electron chi connectivity index (χ3n) is 3.72. The van der Waals surface area contributed by atoms with Gasteiger partial charge in [0.25, 0.3) is 0 Å². The number of hydrogen-bond acceptors (Lipinski definition) is 4. The molecule has 2 atom stereocenters. The topological polar surface area (TPSA) is 78.6 Å². The number of hydrogen-bond donors (Lipinski definition) is 3. The number of nitrogen functional groups attached to an aromatic ring is 1. The summed E-state index contributed by atoms with van der Waals surface area (Å²) in [5, 5.41) is 13.3. The van der Waals surface area contributed by atoms with Crippen LogP contribution in [0.3, 0.4) is 0 Å². The zero-order valence-electron chi connectivity index (χ0n) is 11.8. The number of carbonyl (C=O) groups is 1. The molecule has 4 N–H and O–H groups in total. The van der Waals surface area contributed by atoms with Crippen molar-refractivity contribution in [3.05, 3.63) is 22.2 Å². The molecule has 0 saturated carbocycles. The SMILES string of the molecule is CC1CCN(CC(=O)Nc2c(N)cc(Cl)cc2Cl)CC1O. The molecule has 1 aliphatic rings. The van der Waals surface area contributed by atoms with Crippen molar-refractivity contribution in [3.8, 4) is 0 Å². The van der Waals surface area contributed by atoms with Crippen molar-refractivity contribution < 1.29 is 9.90 Å². The van der Waals surface area contributed by atoms with Gasteiger partial charge in [-0.25, -0.2) is 0 Å². The van der Waals surface area contributed by atoms with Crippen molar-refractivity contribution in [2.75, 3.05) is 30.7 Å². The van der Waals surface area contributed by atoms with Crippen LogP contribution in [-0.2, 0) is 4.79 Å². The molecular formula is C14H19Cl2N3O2. The van der Waals surface area contributed by atoms with Gasteiger partial charge in [-0.3, -0.25) is 9.69 Å². The third kappa shape index (κ3) is 4.23. The molecular weight excluding hydrogens is 313 g/mol. The van der Waals surface area contributed by atoms with Crippen LogP contribution in [0.5, 0.6) is 0 Å². The van der Waals surface area contributed by atoms with Gasteiger partial charge in [-0.1, -0.05) is 30.1 Å². The van der Waals surface area contributed by atoms with E-state index in [2.05, 4.69) is 5.32 Å². The number of anilines is 2. The molecule has 2 rings (SSSR count). The zero-order chi connectivity index (χ0) is 15.6. The minimum Gasteiger partial charge on any atom is -0.397 e. The van der Waals surface area contributed by atoms with Gasteiger partial charge in [0.05, 0.1) is 29.0 Å². The molecule has 0 aromatic heterocycles. The van der Waals surface area contributed by atoms with Gasteiger partial charge >= 0.3 is 0 Å². The molecule has 0 radical (unpaired) electrons. The molecule has 1 aromatic carbocycles. The lowest BCUT2D eigenvalue weighted by molar-refractivity contribution is -0.118. The van der Waals surface area contributed by atoms with E-state index in [9.17, 15) is 9.90 Å². The number of nitrogens with two attached hydrogens (primary N) is 1. The van der Waals surface area contributed by atoms with E-state index in [-0.39, 0.29) is 18.4 Å². The fraction of sp³-hybridized carbons (Fsp3) is 0.500. The van der Waals surface area contributed by atoms with Crippen LogP contribution in [0.25, 0.3) is 0 Å². The molecule has 1 heterocycles. The highest BCUT2D eigenvalue weighted by Gasteiger charge is 2.25. The maximum Gasteiger partial charge on any atom is 0.238 e. The summed E-state index contributed by atoms with van der Waals surface area (Å²) in [6, 6.07) is 3.07. The first-order valence-electron chi connectivity index (χ1n) is 6.81. The Morgan fingerprint density at radius 3 is 2.86 bits per heavy atom. The minimum atomic E-state index is -0.393. The first-order valence-corrected chi connectivity index (χ1v) is 7.57. The monoisotopic (exact) mass is 331 g/mol. The van der Waals surface area contributed by atoms with E-state index in [1.54, 1.807) is 0 Å². The average molecular weight is 332 g/mol. The fourth-order valence-electron chi connectivity index (χ4n) is 2.37. The molecule has 5 nitrogen and oxygen atoms in total. The highest BCUT2D eigenvalue weighted by atomic mass is 35.5. The number of aliphatic hydroxyl groups is 1. The van der Waals surface area contributed by atoms with E-state index in [1.165, 1.54) is 12.1 Å². The Kier molecular flexibility index (Phi) is 5.32. The van der Waals surface area contributed by atoms with E-state index in [0.29, 0.717) is 28.0 Å². The van der Waals surface area contributed by atoms with Crippen LogP contribution in [0.2, 0.25) is 10.0 Å². The number of benzene rings is 1. The minimum absolute atomic E-state index is 0.197. The molecule has 0 spiro atoms. The summed E-state index contributed by atoms with van der Waals surface area (Å²) in [4.78, 5) is 14.0. The Morgan fingerprint density at radius 1 is 1.52 bits per heavy atom. The van der Waals surface area contributed by atoms with E-state index in [1.807, 2.05) is 11.8 Å². The number of carbonyl (C=O) groups excluding carboxylic acids is 1. The first-order chi connectivity index (χ1) is 9.86. The standard InChI is InChI=1S/C14H19Cl2N3O2/c1-8-2-3-19(6-12(8)20)7-13(21)18-14-10(16)4-9(15)5-11(14)17/h4-5,8,12,20H,2-3,6-7,17H2,1H3,(H,18,21). The molecule has 21 heavy (non-hydrogen) atoms. The lowest BCUT2D eigenvalue weighted by Crippen LogP contribution is -2.45. The largest absolute Gasteiger partial charge is 0.397 e. The van der Waals surface area contributed by atoms with Gasteiger partial charge in [0.2, 0.25) is 5.91 Å². The summed E-state index contributed by atoms with van der Waals surface area (Å²) in [7, 11) is 0. The number of piperidine rings is 1. The van der Waals surface area contributed by atoms with Gasteiger partial charge in [0.1, 0.15) is 0 Å². The van der Waals surface area contributed by atoms with E-state index in [0.717, 1.165) is 13.0 Å². The molecule has 0 aliphatic carbocycles. The van der Waals surface area contributed by atoms with Crippen LogP contribution in [0.1, 0.15) is 13.3 Å².